The first-order chi connectivity index (χ1) is 11.6. The lowest BCUT2D eigenvalue weighted by atomic mass is 10.2. The summed E-state index contributed by atoms with van der Waals surface area (Å²) in [6.07, 6.45) is 3.01. The van der Waals surface area contributed by atoms with Crippen LogP contribution in [-0.4, -0.2) is 37.4 Å². The van der Waals surface area contributed by atoms with E-state index in [1.54, 1.807) is 17.5 Å². The summed E-state index contributed by atoms with van der Waals surface area (Å²) in [7, 11) is 0. The molecule has 1 N–H and O–H groups in total. The number of aromatic carboxylic acids is 1. The van der Waals surface area contributed by atoms with Crippen molar-refractivity contribution in [3.05, 3.63) is 46.7 Å². The number of aromatic nitrogens is 4. The third-order valence-electron chi connectivity index (χ3n) is 3.45. The third kappa shape index (κ3) is 3.06. The van der Waals surface area contributed by atoms with Crippen LogP contribution in [0.2, 0.25) is 0 Å². The second-order valence-electron chi connectivity index (χ2n) is 5.04. The maximum Gasteiger partial charge on any atom is 0.339 e. The van der Waals surface area contributed by atoms with Gasteiger partial charge in [-0.05, 0) is 30.9 Å². The Hall–Kier alpha value is -2.58. The molecule has 0 saturated heterocycles. The second kappa shape index (κ2) is 6.90. The molecule has 8 heteroatoms. The number of rotatable bonds is 6. The van der Waals surface area contributed by atoms with Crippen molar-refractivity contribution in [2.75, 3.05) is 6.61 Å². The number of ether oxygens (including phenoxy) is 1. The molecule has 3 rings (SSSR count). The highest BCUT2D eigenvalue weighted by Crippen LogP contribution is 2.26. The Bertz CT molecular complexity index is 858. The molecular weight excluding hydrogens is 328 g/mol. The summed E-state index contributed by atoms with van der Waals surface area (Å²) in [6, 6.07) is 3.94. The molecule has 3 aromatic heterocycles. The van der Waals surface area contributed by atoms with Crippen LogP contribution in [0.3, 0.4) is 0 Å². The van der Waals surface area contributed by atoms with Crippen molar-refractivity contribution in [1.82, 2.24) is 19.7 Å². The van der Waals surface area contributed by atoms with Crippen molar-refractivity contribution < 1.29 is 14.6 Å². The predicted octanol–water partition coefficient (Wildman–Crippen LogP) is 2.93. The van der Waals surface area contributed by atoms with Gasteiger partial charge in [-0.15, -0.1) is 11.3 Å². The Kier molecular flexibility index (Phi) is 4.68. The largest absolute Gasteiger partial charge is 0.478 e. The Labute approximate surface area is 142 Å². The van der Waals surface area contributed by atoms with Gasteiger partial charge in [0.25, 0.3) is 5.95 Å². The van der Waals surface area contributed by atoms with Gasteiger partial charge in [0.05, 0.1) is 29.1 Å². The van der Waals surface area contributed by atoms with Crippen LogP contribution in [0.25, 0.3) is 16.5 Å². The number of hydrogen-bond acceptors (Lipinski definition) is 6. The van der Waals surface area contributed by atoms with Crippen molar-refractivity contribution >= 4 is 17.3 Å². The number of carboxylic acid groups (broad SMARTS) is 1. The normalized spacial score (nSPS) is 10.9. The Morgan fingerprint density at radius 1 is 1.42 bits per heavy atom. The Balaban J connectivity index is 2.09. The maximum atomic E-state index is 11.4. The van der Waals surface area contributed by atoms with Gasteiger partial charge in [0.2, 0.25) is 0 Å². The molecule has 0 unspecified atom stereocenters. The first kappa shape index (κ1) is 16.3. The topological polar surface area (TPSA) is 90.1 Å². The van der Waals surface area contributed by atoms with Gasteiger partial charge in [0.15, 0.2) is 0 Å². The summed E-state index contributed by atoms with van der Waals surface area (Å²) in [5.74, 6) is -0.729. The van der Waals surface area contributed by atoms with E-state index in [1.807, 2.05) is 31.4 Å². The van der Waals surface area contributed by atoms with Gasteiger partial charge >= 0.3 is 5.97 Å². The number of nitrogens with zero attached hydrogens (tertiary/aromatic N) is 4. The lowest BCUT2D eigenvalue weighted by Gasteiger charge is -2.09. The Morgan fingerprint density at radius 3 is 2.92 bits per heavy atom. The van der Waals surface area contributed by atoms with Gasteiger partial charge in [0.1, 0.15) is 5.56 Å². The van der Waals surface area contributed by atoms with E-state index >= 15 is 0 Å². The standard InChI is InChI=1S/C16H16N4O3S/c1-3-23-9-12-11(15(21)22)8-18-20(12)16-17-7-10(2)14(19-16)13-5-4-6-24-13/h4-8H,3,9H2,1-2H3,(H,21,22). The molecule has 0 amide bonds. The SMILES string of the molecule is CCOCc1c(C(=O)O)cnn1-c1ncc(C)c(-c2cccs2)n1. The van der Waals surface area contributed by atoms with Crippen molar-refractivity contribution in [3.8, 4) is 16.5 Å². The highest BCUT2D eigenvalue weighted by Gasteiger charge is 2.20. The average molecular weight is 344 g/mol. The zero-order valence-corrected chi connectivity index (χ0v) is 14.1. The second-order valence-corrected chi connectivity index (χ2v) is 5.99. The molecule has 0 saturated carbocycles. The molecule has 24 heavy (non-hydrogen) atoms. The molecule has 0 aliphatic heterocycles. The van der Waals surface area contributed by atoms with Crippen molar-refractivity contribution in [1.29, 1.82) is 0 Å². The van der Waals surface area contributed by atoms with Crippen molar-refractivity contribution in [3.63, 3.8) is 0 Å². The van der Waals surface area contributed by atoms with Crippen molar-refractivity contribution in [2.45, 2.75) is 20.5 Å². The summed E-state index contributed by atoms with van der Waals surface area (Å²) in [6.45, 7) is 4.38. The van der Waals surface area contributed by atoms with E-state index in [0.717, 1.165) is 16.1 Å². The van der Waals surface area contributed by atoms with Crippen LogP contribution in [0.15, 0.2) is 29.9 Å². The minimum Gasteiger partial charge on any atom is -0.478 e. The fourth-order valence-corrected chi connectivity index (χ4v) is 3.04. The van der Waals surface area contributed by atoms with Gasteiger partial charge in [-0.25, -0.2) is 14.8 Å². The summed E-state index contributed by atoms with van der Waals surface area (Å²) >= 11 is 1.58. The van der Waals surface area contributed by atoms with E-state index in [9.17, 15) is 9.90 Å². The highest BCUT2D eigenvalue weighted by molar-refractivity contribution is 7.13. The molecule has 3 heterocycles. The number of aryl methyl sites for hydroxylation is 1. The monoisotopic (exact) mass is 344 g/mol. The molecule has 3 aromatic rings. The van der Waals surface area contributed by atoms with Gasteiger partial charge in [-0.2, -0.15) is 9.78 Å². The number of thiophene rings is 1. The van der Waals surface area contributed by atoms with E-state index in [4.69, 9.17) is 4.74 Å². The molecule has 0 aliphatic carbocycles. The molecule has 124 valence electrons. The van der Waals surface area contributed by atoms with Gasteiger partial charge < -0.3 is 9.84 Å². The van der Waals surface area contributed by atoms with E-state index < -0.39 is 5.97 Å². The fourth-order valence-electron chi connectivity index (χ4n) is 2.26. The molecule has 0 bridgehead atoms. The van der Waals surface area contributed by atoms with Gasteiger partial charge in [-0.1, -0.05) is 6.07 Å². The van der Waals surface area contributed by atoms with Crippen LogP contribution in [0.1, 0.15) is 28.5 Å². The molecule has 0 fully saturated rings. The zero-order chi connectivity index (χ0) is 17.1. The lowest BCUT2D eigenvalue weighted by Crippen LogP contribution is -2.11. The van der Waals surface area contributed by atoms with Crippen LogP contribution in [0.5, 0.6) is 0 Å². The third-order valence-corrected chi connectivity index (χ3v) is 4.32. The molecule has 0 radical (unpaired) electrons. The predicted molar refractivity (Wildman–Crippen MR) is 89.5 cm³/mol. The van der Waals surface area contributed by atoms with E-state index in [1.165, 1.54) is 10.9 Å². The molecule has 0 aliphatic rings. The number of carbonyl (C=O) groups is 1. The highest BCUT2D eigenvalue weighted by atomic mass is 32.1. The molecule has 0 aromatic carbocycles. The summed E-state index contributed by atoms with van der Waals surface area (Å²) in [5.41, 5.74) is 2.26. The molecular formula is C16H16N4O3S. The molecule has 7 nitrogen and oxygen atoms in total. The zero-order valence-electron chi connectivity index (χ0n) is 13.3. The van der Waals surface area contributed by atoms with Crippen LogP contribution >= 0.6 is 11.3 Å². The fraction of sp³-hybridized carbons (Fsp3) is 0.250. The first-order valence-corrected chi connectivity index (χ1v) is 8.25. The lowest BCUT2D eigenvalue weighted by molar-refractivity contribution is 0.0688. The average Bonchev–Trinajstić information content (AvgIpc) is 3.23. The van der Waals surface area contributed by atoms with E-state index in [-0.39, 0.29) is 12.2 Å². The van der Waals surface area contributed by atoms with Gasteiger partial charge in [-0.3, -0.25) is 0 Å². The summed E-state index contributed by atoms with van der Waals surface area (Å²) < 4.78 is 6.81. The molecule has 0 atom stereocenters. The number of hydrogen-bond donors (Lipinski definition) is 1. The quantitative estimate of drug-likeness (QED) is 0.739. The summed E-state index contributed by atoms with van der Waals surface area (Å²) in [4.78, 5) is 21.3. The van der Waals surface area contributed by atoms with E-state index in [2.05, 4.69) is 15.1 Å². The number of carboxylic acids is 1. The van der Waals surface area contributed by atoms with Crippen LogP contribution < -0.4 is 0 Å². The smallest absolute Gasteiger partial charge is 0.339 e. The Morgan fingerprint density at radius 2 is 2.25 bits per heavy atom. The minimum atomic E-state index is -1.05. The van der Waals surface area contributed by atoms with Crippen LogP contribution in [0, 0.1) is 6.92 Å². The van der Waals surface area contributed by atoms with Crippen LogP contribution in [-0.2, 0) is 11.3 Å². The molecule has 0 spiro atoms. The van der Waals surface area contributed by atoms with Gasteiger partial charge in [0, 0.05) is 12.8 Å². The van der Waals surface area contributed by atoms with Crippen LogP contribution in [0.4, 0.5) is 0 Å². The van der Waals surface area contributed by atoms with Crippen molar-refractivity contribution in [2.24, 2.45) is 0 Å². The maximum absolute atomic E-state index is 11.4. The van der Waals surface area contributed by atoms with E-state index in [0.29, 0.717) is 18.2 Å². The first-order valence-electron chi connectivity index (χ1n) is 7.37. The summed E-state index contributed by atoms with van der Waals surface area (Å²) in [5, 5.41) is 15.5. The minimum absolute atomic E-state index is 0.0882.